The molecule has 0 fully saturated rings. The molecule has 0 unspecified atom stereocenters. The first-order valence-electron chi connectivity index (χ1n) is 9.16. The van der Waals surface area contributed by atoms with Crippen LogP contribution < -0.4 is 20.1 Å². The van der Waals surface area contributed by atoms with E-state index in [9.17, 15) is 4.79 Å². The van der Waals surface area contributed by atoms with Crippen molar-refractivity contribution < 1.29 is 14.3 Å². The van der Waals surface area contributed by atoms with Crippen LogP contribution in [-0.4, -0.2) is 24.1 Å². The molecule has 0 aliphatic rings. The Morgan fingerprint density at radius 3 is 2.29 bits per heavy atom. The summed E-state index contributed by atoms with van der Waals surface area (Å²) in [5.41, 5.74) is 1.55. The first kappa shape index (κ1) is 19.2. The van der Waals surface area contributed by atoms with Gasteiger partial charge in [-0.15, -0.1) is 0 Å². The van der Waals surface area contributed by atoms with Gasteiger partial charge in [-0.25, -0.2) is 4.98 Å². The van der Waals surface area contributed by atoms with Crippen LogP contribution in [0.2, 0.25) is 0 Å². The summed E-state index contributed by atoms with van der Waals surface area (Å²) in [5.74, 6) is 2.15. The maximum absolute atomic E-state index is 12.0. The summed E-state index contributed by atoms with van der Waals surface area (Å²) in [6, 6.07) is 20.7. The van der Waals surface area contributed by atoms with Crippen LogP contribution in [0.4, 0.5) is 17.2 Å². The summed E-state index contributed by atoms with van der Waals surface area (Å²) in [6.45, 7) is 2.91. The fourth-order valence-corrected chi connectivity index (χ4v) is 2.49. The number of ether oxygens (including phenoxy) is 2. The predicted molar refractivity (Wildman–Crippen MR) is 110 cm³/mol. The highest BCUT2D eigenvalue weighted by Crippen LogP contribution is 2.20. The van der Waals surface area contributed by atoms with E-state index in [0.29, 0.717) is 24.7 Å². The quantitative estimate of drug-likeness (QED) is 0.569. The van der Waals surface area contributed by atoms with Crippen molar-refractivity contribution in [3.05, 3.63) is 72.9 Å². The summed E-state index contributed by atoms with van der Waals surface area (Å²) in [6.07, 6.45) is 1.88. The Morgan fingerprint density at radius 2 is 1.61 bits per heavy atom. The molecule has 144 valence electrons. The van der Waals surface area contributed by atoms with Crippen molar-refractivity contribution in [1.29, 1.82) is 0 Å². The highest BCUT2D eigenvalue weighted by Gasteiger charge is 2.04. The lowest BCUT2D eigenvalue weighted by atomic mass is 10.3. The summed E-state index contributed by atoms with van der Waals surface area (Å²) in [7, 11) is 0. The maximum Gasteiger partial charge on any atom is 0.227 e. The van der Waals surface area contributed by atoms with E-state index < -0.39 is 0 Å². The lowest BCUT2D eigenvalue weighted by molar-refractivity contribution is -0.116. The zero-order valence-electron chi connectivity index (χ0n) is 15.7. The molecule has 2 N–H and O–H groups in total. The minimum absolute atomic E-state index is 0.120. The van der Waals surface area contributed by atoms with Crippen molar-refractivity contribution in [2.24, 2.45) is 0 Å². The predicted octanol–water partition coefficient (Wildman–Crippen LogP) is 4.63. The number of hydrogen-bond donors (Lipinski definition) is 2. The molecule has 0 saturated carbocycles. The molecule has 0 bridgehead atoms. The van der Waals surface area contributed by atoms with E-state index in [1.54, 1.807) is 12.3 Å². The Hall–Kier alpha value is -3.54. The molecule has 3 aromatic rings. The zero-order chi connectivity index (χ0) is 19.6. The minimum Gasteiger partial charge on any atom is -0.494 e. The molecule has 28 heavy (non-hydrogen) atoms. The van der Waals surface area contributed by atoms with Crippen LogP contribution in [0.1, 0.15) is 13.3 Å². The first-order chi connectivity index (χ1) is 13.7. The molecule has 3 rings (SSSR count). The molecular formula is C22H23N3O3. The van der Waals surface area contributed by atoms with Crippen LogP contribution in [0, 0.1) is 0 Å². The summed E-state index contributed by atoms with van der Waals surface area (Å²) in [5, 5.41) is 6.02. The molecule has 0 aliphatic heterocycles. The number of para-hydroxylation sites is 1. The number of carbonyl (C=O) groups excluding carboxylic acids is 1. The number of pyridine rings is 1. The largest absolute Gasteiger partial charge is 0.494 e. The highest BCUT2D eigenvalue weighted by molar-refractivity contribution is 5.90. The van der Waals surface area contributed by atoms with Crippen molar-refractivity contribution >= 4 is 23.1 Å². The molecule has 2 aromatic carbocycles. The average molecular weight is 377 g/mol. The second kappa shape index (κ2) is 9.97. The summed E-state index contributed by atoms with van der Waals surface area (Å²) >= 11 is 0. The number of nitrogens with zero attached hydrogens (tertiary/aromatic N) is 1. The first-order valence-corrected chi connectivity index (χ1v) is 9.16. The molecule has 0 spiro atoms. The number of nitrogens with one attached hydrogen (secondary N) is 2. The van der Waals surface area contributed by atoms with Crippen molar-refractivity contribution in [2.45, 2.75) is 13.3 Å². The SMILES string of the molecule is CCOc1ccc(Nc2ccc(NC(=O)CCOc3ccccc3)cn2)cc1. The Balaban J connectivity index is 1.45. The van der Waals surface area contributed by atoms with E-state index >= 15 is 0 Å². The molecule has 1 amide bonds. The van der Waals surface area contributed by atoms with Crippen LogP contribution in [0.25, 0.3) is 0 Å². The molecule has 6 heteroatoms. The second-order valence-electron chi connectivity index (χ2n) is 5.97. The van der Waals surface area contributed by atoms with Gasteiger partial charge in [-0.05, 0) is 55.5 Å². The van der Waals surface area contributed by atoms with Gasteiger partial charge in [0, 0.05) is 5.69 Å². The lowest BCUT2D eigenvalue weighted by Crippen LogP contribution is -2.15. The third-order valence-corrected chi connectivity index (χ3v) is 3.83. The van der Waals surface area contributed by atoms with Gasteiger partial charge in [-0.1, -0.05) is 18.2 Å². The van der Waals surface area contributed by atoms with Gasteiger partial charge < -0.3 is 20.1 Å². The zero-order valence-corrected chi connectivity index (χ0v) is 15.7. The fourth-order valence-electron chi connectivity index (χ4n) is 2.49. The molecule has 6 nitrogen and oxygen atoms in total. The number of amides is 1. The Bertz CT molecular complexity index is 866. The normalized spacial score (nSPS) is 10.2. The smallest absolute Gasteiger partial charge is 0.227 e. The standard InChI is InChI=1S/C22H23N3O3/c1-2-27-20-11-8-17(9-12-20)24-21-13-10-18(16-23-21)25-22(26)14-15-28-19-6-4-3-5-7-19/h3-13,16H,2,14-15H2,1H3,(H,23,24)(H,25,26). The van der Waals surface area contributed by atoms with E-state index in [2.05, 4.69) is 15.6 Å². The van der Waals surface area contributed by atoms with Gasteiger partial charge in [0.2, 0.25) is 5.91 Å². The summed E-state index contributed by atoms with van der Waals surface area (Å²) < 4.78 is 11.0. The average Bonchev–Trinajstić information content (AvgIpc) is 2.72. The number of aromatic nitrogens is 1. The van der Waals surface area contributed by atoms with E-state index in [0.717, 1.165) is 17.2 Å². The number of carbonyl (C=O) groups is 1. The van der Waals surface area contributed by atoms with Crippen molar-refractivity contribution in [3.8, 4) is 11.5 Å². The van der Waals surface area contributed by atoms with Crippen LogP contribution in [0.5, 0.6) is 11.5 Å². The van der Waals surface area contributed by atoms with Crippen LogP contribution in [0.3, 0.4) is 0 Å². The van der Waals surface area contributed by atoms with E-state index in [1.807, 2.05) is 67.6 Å². The molecule has 0 saturated heterocycles. The Kier molecular flexibility index (Phi) is 6.84. The Labute approximate surface area is 164 Å². The lowest BCUT2D eigenvalue weighted by Gasteiger charge is -2.09. The highest BCUT2D eigenvalue weighted by atomic mass is 16.5. The topological polar surface area (TPSA) is 72.5 Å². The maximum atomic E-state index is 12.0. The van der Waals surface area contributed by atoms with Gasteiger partial charge in [-0.3, -0.25) is 4.79 Å². The van der Waals surface area contributed by atoms with Crippen LogP contribution in [0.15, 0.2) is 72.9 Å². The Morgan fingerprint density at radius 1 is 0.893 bits per heavy atom. The fraction of sp³-hybridized carbons (Fsp3) is 0.182. The van der Waals surface area contributed by atoms with E-state index in [4.69, 9.17) is 9.47 Å². The van der Waals surface area contributed by atoms with Crippen molar-refractivity contribution in [3.63, 3.8) is 0 Å². The third-order valence-electron chi connectivity index (χ3n) is 3.83. The number of benzene rings is 2. The van der Waals surface area contributed by atoms with Gasteiger partial charge in [-0.2, -0.15) is 0 Å². The van der Waals surface area contributed by atoms with Crippen molar-refractivity contribution in [1.82, 2.24) is 4.98 Å². The van der Waals surface area contributed by atoms with E-state index in [1.165, 1.54) is 0 Å². The van der Waals surface area contributed by atoms with Gasteiger partial charge in [0.15, 0.2) is 0 Å². The molecule has 1 heterocycles. The second-order valence-corrected chi connectivity index (χ2v) is 5.97. The molecule has 1 aromatic heterocycles. The summed E-state index contributed by atoms with van der Waals surface area (Å²) in [4.78, 5) is 16.3. The molecule has 0 atom stereocenters. The number of anilines is 3. The third kappa shape index (κ3) is 6.02. The van der Waals surface area contributed by atoms with Gasteiger partial charge in [0.1, 0.15) is 17.3 Å². The van der Waals surface area contributed by atoms with Crippen LogP contribution >= 0.6 is 0 Å². The minimum atomic E-state index is -0.120. The molecule has 0 aliphatic carbocycles. The number of hydrogen-bond acceptors (Lipinski definition) is 5. The van der Waals surface area contributed by atoms with Gasteiger partial charge in [0.05, 0.1) is 31.5 Å². The van der Waals surface area contributed by atoms with Gasteiger partial charge >= 0.3 is 0 Å². The number of rotatable bonds is 9. The van der Waals surface area contributed by atoms with Crippen LogP contribution in [-0.2, 0) is 4.79 Å². The van der Waals surface area contributed by atoms with Gasteiger partial charge in [0.25, 0.3) is 0 Å². The van der Waals surface area contributed by atoms with E-state index in [-0.39, 0.29) is 12.3 Å². The molecule has 0 radical (unpaired) electrons. The monoisotopic (exact) mass is 377 g/mol. The van der Waals surface area contributed by atoms with Crippen molar-refractivity contribution in [2.75, 3.05) is 23.8 Å². The molecular weight excluding hydrogens is 354 g/mol.